The van der Waals surface area contributed by atoms with Gasteiger partial charge in [0.15, 0.2) is 5.96 Å². The van der Waals surface area contributed by atoms with Crippen LogP contribution in [0.15, 0.2) is 14.9 Å². The highest BCUT2D eigenvalue weighted by Crippen LogP contribution is 2.12. The molecule has 0 spiro atoms. The molecule has 0 aromatic carbocycles. The Hall–Kier alpha value is -1.89. The van der Waals surface area contributed by atoms with Crippen LogP contribution < -0.4 is 5.32 Å². The summed E-state index contributed by atoms with van der Waals surface area (Å²) in [6.45, 7) is 7.25. The molecule has 0 unspecified atom stereocenters. The first-order valence-electron chi connectivity index (χ1n) is 6.75. The summed E-state index contributed by atoms with van der Waals surface area (Å²) in [5.41, 5.74) is 3.04. The minimum absolute atomic E-state index is 0.647. The highest BCUT2D eigenvalue weighted by molar-refractivity contribution is 7.09. The Morgan fingerprint density at radius 1 is 1.43 bits per heavy atom. The second-order valence-electron chi connectivity index (χ2n) is 4.92. The molecular weight excluding hydrogens is 286 g/mol. The number of aromatic nitrogens is 2. The average molecular weight is 307 g/mol. The smallest absolute Gasteiger partial charge is 0.194 e. The molecule has 2 rings (SSSR count). The predicted molar refractivity (Wildman–Crippen MR) is 84.5 cm³/mol. The van der Waals surface area contributed by atoms with E-state index in [2.05, 4.69) is 25.8 Å². The molecule has 0 aliphatic heterocycles. The van der Waals surface area contributed by atoms with Crippen LogP contribution >= 0.6 is 11.3 Å². The Kier molecular flexibility index (Phi) is 4.95. The number of nitrogens with one attached hydrogen (secondary N) is 1. The molecule has 0 radical (unpaired) electrons. The Bertz CT molecular complexity index is 612. The third kappa shape index (κ3) is 3.81. The summed E-state index contributed by atoms with van der Waals surface area (Å²) in [5, 5.41) is 10.4. The van der Waals surface area contributed by atoms with Crippen molar-refractivity contribution in [2.75, 3.05) is 14.1 Å². The summed E-state index contributed by atoms with van der Waals surface area (Å²) in [6, 6.07) is 0. The summed E-state index contributed by atoms with van der Waals surface area (Å²) in [5.74, 6) is 1.66. The van der Waals surface area contributed by atoms with Gasteiger partial charge < -0.3 is 14.7 Å². The highest BCUT2D eigenvalue weighted by Gasteiger charge is 2.12. The molecule has 0 aliphatic rings. The van der Waals surface area contributed by atoms with Gasteiger partial charge in [-0.2, -0.15) is 0 Å². The second-order valence-corrected chi connectivity index (χ2v) is 5.98. The molecule has 0 bridgehead atoms. The molecule has 114 valence electrons. The summed E-state index contributed by atoms with van der Waals surface area (Å²) < 4.78 is 5.17. The maximum absolute atomic E-state index is 5.17. The summed E-state index contributed by atoms with van der Waals surface area (Å²) in [6.07, 6.45) is 0. The number of thiazole rings is 1. The molecule has 2 aromatic rings. The fraction of sp³-hybridized carbons (Fsp3) is 0.500. The van der Waals surface area contributed by atoms with E-state index in [9.17, 15) is 0 Å². The van der Waals surface area contributed by atoms with Crippen molar-refractivity contribution >= 4 is 17.3 Å². The van der Waals surface area contributed by atoms with E-state index in [0.717, 1.165) is 40.2 Å². The molecule has 0 saturated heterocycles. The third-order valence-corrected chi connectivity index (χ3v) is 4.07. The number of hydrogen-bond acceptors (Lipinski definition) is 5. The minimum atomic E-state index is 0.647. The Labute approximate surface area is 128 Å². The number of hydrogen-bond donors (Lipinski definition) is 1. The van der Waals surface area contributed by atoms with Crippen LogP contribution in [0, 0.1) is 20.8 Å². The van der Waals surface area contributed by atoms with Crippen LogP contribution in [0.3, 0.4) is 0 Å². The molecule has 0 atom stereocenters. The van der Waals surface area contributed by atoms with E-state index in [1.165, 1.54) is 0 Å². The van der Waals surface area contributed by atoms with Crippen LogP contribution in [-0.2, 0) is 13.1 Å². The lowest BCUT2D eigenvalue weighted by Gasteiger charge is -2.21. The van der Waals surface area contributed by atoms with Gasteiger partial charge in [0.1, 0.15) is 5.76 Å². The molecule has 7 heteroatoms. The summed E-state index contributed by atoms with van der Waals surface area (Å²) in [7, 11) is 3.77. The van der Waals surface area contributed by atoms with Crippen molar-refractivity contribution in [1.29, 1.82) is 0 Å². The Balaban J connectivity index is 1.97. The van der Waals surface area contributed by atoms with Gasteiger partial charge in [-0.05, 0) is 20.8 Å². The Morgan fingerprint density at radius 3 is 2.71 bits per heavy atom. The normalized spacial score (nSPS) is 11.8. The molecular formula is C14H21N5OS. The van der Waals surface area contributed by atoms with Crippen molar-refractivity contribution < 1.29 is 4.52 Å². The van der Waals surface area contributed by atoms with Crippen LogP contribution in [0.2, 0.25) is 0 Å². The van der Waals surface area contributed by atoms with E-state index in [1.807, 2.05) is 32.7 Å². The van der Waals surface area contributed by atoms with Crippen LogP contribution in [0.25, 0.3) is 0 Å². The molecule has 2 aromatic heterocycles. The highest BCUT2D eigenvalue weighted by atomic mass is 32.1. The lowest BCUT2D eigenvalue weighted by Crippen LogP contribution is -2.38. The molecule has 0 fully saturated rings. The Morgan fingerprint density at radius 2 is 2.19 bits per heavy atom. The molecule has 21 heavy (non-hydrogen) atoms. The maximum atomic E-state index is 5.17. The lowest BCUT2D eigenvalue weighted by atomic mass is 10.2. The number of aliphatic imine (C=N–C) groups is 1. The van der Waals surface area contributed by atoms with Crippen LogP contribution in [0.5, 0.6) is 0 Å². The van der Waals surface area contributed by atoms with Crippen molar-refractivity contribution in [3.8, 4) is 0 Å². The minimum Gasteiger partial charge on any atom is -0.361 e. The van der Waals surface area contributed by atoms with E-state index in [-0.39, 0.29) is 0 Å². The van der Waals surface area contributed by atoms with E-state index < -0.39 is 0 Å². The van der Waals surface area contributed by atoms with Crippen LogP contribution in [0.1, 0.15) is 27.7 Å². The second kappa shape index (κ2) is 6.71. The van der Waals surface area contributed by atoms with Gasteiger partial charge in [-0.3, -0.25) is 4.99 Å². The topological polar surface area (TPSA) is 66.6 Å². The first-order chi connectivity index (χ1) is 10.0. The first-order valence-corrected chi connectivity index (χ1v) is 7.63. The average Bonchev–Trinajstić information content (AvgIpc) is 2.98. The van der Waals surface area contributed by atoms with Crippen LogP contribution in [-0.4, -0.2) is 35.1 Å². The van der Waals surface area contributed by atoms with Crippen molar-refractivity contribution in [2.45, 2.75) is 33.9 Å². The quantitative estimate of drug-likeness (QED) is 0.693. The van der Waals surface area contributed by atoms with Crippen molar-refractivity contribution in [1.82, 2.24) is 20.4 Å². The van der Waals surface area contributed by atoms with Gasteiger partial charge >= 0.3 is 0 Å². The lowest BCUT2D eigenvalue weighted by molar-refractivity contribution is 0.392. The zero-order valence-electron chi connectivity index (χ0n) is 13.1. The van der Waals surface area contributed by atoms with Gasteiger partial charge in [-0.15, -0.1) is 11.3 Å². The molecule has 0 saturated carbocycles. The zero-order chi connectivity index (χ0) is 15.4. The molecule has 2 heterocycles. The van der Waals surface area contributed by atoms with Gasteiger partial charge in [-0.25, -0.2) is 4.98 Å². The molecule has 6 nitrogen and oxygen atoms in total. The number of aryl methyl sites for hydroxylation is 3. The molecule has 0 amide bonds. The van der Waals surface area contributed by atoms with Crippen LogP contribution in [0.4, 0.5) is 0 Å². The van der Waals surface area contributed by atoms with E-state index in [1.54, 1.807) is 18.4 Å². The third-order valence-electron chi connectivity index (χ3n) is 3.24. The van der Waals surface area contributed by atoms with Gasteiger partial charge in [0, 0.05) is 31.6 Å². The number of rotatable bonds is 4. The largest absolute Gasteiger partial charge is 0.361 e. The van der Waals surface area contributed by atoms with Gasteiger partial charge in [-0.1, -0.05) is 5.16 Å². The fourth-order valence-corrected chi connectivity index (χ4v) is 2.71. The molecule has 1 N–H and O–H groups in total. The number of nitrogens with zero attached hydrogens (tertiary/aromatic N) is 4. The van der Waals surface area contributed by atoms with E-state index >= 15 is 0 Å². The zero-order valence-corrected chi connectivity index (χ0v) is 13.9. The SMILES string of the molecule is CN=C(NCc1c(C)noc1C)N(C)Cc1csc(C)n1. The van der Waals surface area contributed by atoms with Crippen molar-refractivity contribution in [2.24, 2.45) is 4.99 Å². The van der Waals surface area contributed by atoms with Gasteiger partial charge in [0.2, 0.25) is 0 Å². The number of guanidine groups is 1. The van der Waals surface area contributed by atoms with Gasteiger partial charge in [0.05, 0.1) is 22.9 Å². The standard InChI is InChI=1S/C14H21N5OS/c1-9-13(10(2)20-18-9)6-16-14(15-4)19(5)7-12-8-21-11(3)17-12/h8H,6-7H2,1-5H3,(H,15,16). The monoisotopic (exact) mass is 307 g/mol. The van der Waals surface area contributed by atoms with Crippen molar-refractivity contribution in [3.63, 3.8) is 0 Å². The summed E-state index contributed by atoms with van der Waals surface area (Å²) in [4.78, 5) is 10.8. The van der Waals surface area contributed by atoms with Crippen molar-refractivity contribution in [3.05, 3.63) is 33.1 Å². The molecule has 0 aliphatic carbocycles. The van der Waals surface area contributed by atoms with E-state index in [0.29, 0.717) is 6.54 Å². The fourth-order valence-electron chi connectivity index (χ4n) is 2.11. The van der Waals surface area contributed by atoms with Gasteiger partial charge in [0.25, 0.3) is 0 Å². The predicted octanol–water partition coefficient (Wildman–Crippen LogP) is 2.26. The maximum Gasteiger partial charge on any atom is 0.194 e. The van der Waals surface area contributed by atoms with E-state index in [4.69, 9.17) is 4.52 Å². The first kappa shape index (κ1) is 15.5. The summed E-state index contributed by atoms with van der Waals surface area (Å²) >= 11 is 1.66.